The number of piperidine rings is 1. The zero-order valence-electron chi connectivity index (χ0n) is 12.9. The first-order valence-electron chi connectivity index (χ1n) is 7.92. The van der Waals surface area contributed by atoms with Crippen molar-refractivity contribution in [2.75, 3.05) is 19.8 Å². The third kappa shape index (κ3) is 3.16. The number of nitrogens with zero attached hydrogens (tertiary/aromatic N) is 3. The summed E-state index contributed by atoms with van der Waals surface area (Å²) >= 11 is 1.67. The number of ether oxygens (including phenoxy) is 1. The Labute approximate surface area is 138 Å². The molecule has 0 aromatic carbocycles. The van der Waals surface area contributed by atoms with Crippen molar-refractivity contribution in [3.8, 4) is 0 Å². The molecule has 2 aliphatic heterocycles. The van der Waals surface area contributed by atoms with Gasteiger partial charge in [-0.1, -0.05) is 11.2 Å². The van der Waals surface area contributed by atoms with Gasteiger partial charge in [0, 0.05) is 29.9 Å². The molecule has 2 fully saturated rings. The van der Waals surface area contributed by atoms with Gasteiger partial charge < -0.3 is 14.2 Å². The predicted molar refractivity (Wildman–Crippen MR) is 83.9 cm³/mol. The SMILES string of the molecule is O=C1CCC2(CCOC2)CN1Cc1noc(Cc2cccs2)n1. The van der Waals surface area contributed by atoms with Crippen LogP contribution in [0.5, 0.6) is 0 Å². The molecule has 23 heavy (non-hydrogen) atoms. The van der Waals surface area contributed by atoms with E-state index in [4.69, 9.17) is 9.26 Å². The lowest BCUT2D eigenvalue weighted by atomic mass is 9.79. The normalized spacial score (nSPS) is 24.7. The van der Waals surface area contributed by atoms with Gasteiger partial charge in [0.05, 0.1) is 19.6 Å². The van der Waals surface area contributed by atoms with Crippen molar-refractivity contribution in [3.05, 3.63) is 34.1 Å². The molecule has 4 rings (SSSR count). The van der Waals surface area contributed by atoms with Gasteiger partial charge in [-0.3, -0.25) is 4.79 Å². The van der Waals surface area contributed by atoms with Crippen molar-refractivity contribution in [1.29, 1.82) is 0 Å². The number of carbonyl (C=O) groups is 1. The smallest absolute Gasteiger partial charge is 0.231 e. The quantitative estimate of drug-likeness (QED) is 0.858. The van der Waals surface area contributed by atoms with Crippen molar-refractivity contribution >= 4 is 17.2 Å². The Hall–Kier alpha value is -1.73. The minimum Gasteiger partial charge on any atom is -0.381 e. The van der Waals surface area contributed by atoms with E-state index >= 15 is 0 Å². The van der Waals surface area contributed by atoms with Gasteiger partial charge >= 0.3 is 0 Å². The number of hydrogen-bond donors (Lipinski definition) is 0. The Morgan fingerprint density at radius 3 is 3.13 bits per heavy atom. The number of aromatic nitrogens is 2. The summed E-state index contributed by atoms with van der Waals surface area (Å²) in [4.78, 5) is 19.7. The topological polar surface area (TPSA) is 68.5 Å². The van der Waals surface area contributed by atoms with Crippen LogP contribution in [0.3, 0.4) is 0 Å². The standard InChI is InChI=1S/C16H19N3O3S/c20-15-3-4-16(5-6-21-11-16)10-19(15)9-13-17-14(22-18-13)8-12-2-1-7-23-12/h1-2,7H,3-6,8-11H2. The molecule has 6 nitrogen and oxygen atoms in total. The van der Waals surface area contributed by atoms with E-state index in [9.17, 15) is 4.79 Å². The van der Waals surface area contributed by atoms with Gasteiger partial charge in [-0.05, 0) is 24.3 Å². The lowest BCUT2D eigenvalue weighted by Gasteiger charge is -2.38. The van der Waals surface area contributed by atoms with Crippen molar-refractivity contribution < 1.29 is 14.1 Å². The molecular weight excluding hydrogens is 314 g/mol. The number of rotatable bonds is 4. The van der Waals surface area contributed by atoms with Crippen LogP contribution in [0, 0.1) is 5.41 Å². The lowest BCUT2D eigenvalue weighted by Crippen LogP contribution is -2.46. The first-order chi connectivity index (χ1) is 11.2. The van der Waals surface area contributed by atoms with Crippen molar-refractivity contribution in [1.82, 2.24) is 15.0 Å². The van der Waals surface area contributed by atoms with Crippen LogP contribution in [0.4, 0.5) is 0 Å². The fourth-order valence-electron chi connectivity index (χ4n) is 3.38. The van der Waals surface area contributed by atoms with E-state index in [-0.39, 0.29) is 11.3 Å². The minimum absolute atomic E-state index is 0.136. The molecular formula is C16H19N3O3S. The summed E-state index contributed by atoms with van der Waals surface area (Å²) in [6.07, 6.45) is 3.20. The summed E-state index contributed by atoms with van der Waals surface area (Å²) in [6, 6.07) is 4.05. The van der Waals surface area contributed by atoms with E-state index in [2.05, 4.69) is 10.1 Å². The van der Waals surface area contributed by atoms with Gasteiger partial charge in [-0.25, -0.2) is 0 Å². The van der Waals surface area contributed by atoms with Gasteiger partial charge in [-0.15, -0.1) is 11.3 Å². The zero-order valence-corrected chi connectivity index (χ0v) is 13.7. The maximum Gasteiger partial charge on any atom is 0.231 e. The average Bonchev–Trinajstić information content (AvgIpc) is 3.28. The van der Waals surface area contributed by atoms with Gasteiger partial charge in [0.1, 0.15) is 0 Å². The summed E-state index contributed by atoms with van der Waals surface area (Å²) in [6.45, 7) is 2.72. The second kappa shape index (κ2) is 6.05. The van der Waals surface area contributed by atoms with Crippen LogP contribution in [0.25, 0.3) is 0 Å². The number of carbonyl (C=O) groups excluding carboxylic acids is 1. The molecule has 2 aromatic heterocycles. The Balaban J connectivity index is 1.42. The van der Waals surface area contributed by atoms with E-state index < -0.39 is 0 Å². The minimum atomic E-state index is 0.136. The fourth-order valence-corrected chi connectivity index (χ4v) is 4.07. The van der Waals surface area contributed by atoms with E-state index in [1.807, 2.05) is 22.4 Å². The molecule has 2 saturated heterocycles. The van der Waals surface area contributed by atoms with Crippen LogP contribution < -0.4 is 0 Å². The maximum absolute atomic E-state index is 12.2. The molecule has 7 heteroatoms. The Kier molecular flexibility index (Phi) is 3.90. The third-order valence-corrected chi connectivity index (χ3v) is 5.56. The largest absolute Gasteiger partial charge is 0.381 e. The summed E-state index contributed by atoms with van der Waals surface area (Å²) in [5.41, 5.74) is 0.136. The highest BCUT2D eigenvalue weighted by molar-refractivity contribution is 7.09. The fraction of sp³-hybridized carbons (Fsp3) is 0.562. The number of hydrogen-bond acceptors (Lipinski definition) is 6. The van der Waals surface area contributed by atoms with Crippen LogP contribution in [-0.4, -0.2) is 40.7 Å². The first kappa shape index (κ1) is 14.8. The molecule has 1 atom stereocenters. The molecule has 0 aliphatic carbocycles. The van der Waals surface area contributed by atoms with Crippen molar-refractivity contribution in [3.63, 3.8) is 0 Å². The second-order valence-corrected chi connectivity index (χ2v) is 7.45. The van der Waals surface area contributed by atoms with Gasteiger partial charge in [-0.2, -0.15) is 4.98 Å². The zero-order chi connectivity index (χ0) is 15.7. The molecule has 1 unspecified atom stereocenters. The van der Waals surface area contributed by atoms with Gasteiger partial charge in [0.25, 0.3) is 0 Å². The highest BCUT2D eigenvalue weighted by Crippen LogP contribution is 2.38. The van der Waals surface area contributed by atoms with Crippen molar-refractivity contribution in [2.45, 2.75) is 32.2 Å². The molecule has 0 radical (unpaired) electrons. The monoisotopic (exact) mass is 333 g/mol. The highest BCUT2D eigenvalue weighted by atomic mass is 32.1. The first-order valence-corrected chi connectivity index (χ1v) is 8.80. The maximum atomic E-state index is 12.2. The van der Waals surface area contributed by atoms with E-state index in [1.54, 1.807) is 11.3 Å². The highest BCUT2D eigenvalue weighted by Gasteiger charge is 2.41. The second-order valence-electron chi connectivity index (χ2n) is 6.41. The molecule has 0 saturated carbocycles. The molecule has 1 spiro atoms. The number of amides is 1. The van der Waals surface area contributed by atoms with Crippen molar-refractivity contribution in [2.24, 2.45) is 5.41 Å². The molecule has 0 N–H and O–H groups in total. The molecule has 2 aliphatic rings. The van der Waals surface area contributed by atoms with Crippen LogP contribution in [0.2, 0.25) is 0 Å². The van der Waals surface area contributed by atoms with Crippen LogP contribution in [0.15, 0.2) is 22.0 Å². The Morgan fingerprint density at radius 1 is 1.39 bits per heavy atom. The summed E-state index contributed by atoms with van der Waals surface area (Å²) in [7, 11) is 0. The molecule has 122 valence electrons. The molecule has 0 bridgehead atoms. The Morgan fingerprint density at radius 2 is 2.35 bits per heavy atom. The molecule has 2 aromatic rings. The summed E-state index contributed by atoms with van der Waals surface area (Å²) in [5, 5.41) is 6.06. The number of likely N-dealkylation sites (tertiary alicyclic amines) is 1. The van der Waals surface area contributed by atoms with E-state index in [1.165, 1.54) is 4.88 Å². The Bertz CT molecular complexity index is 677. The summed E-state index contributed by atoms with van der Waals surface area (Å²) < 4.78 is 10.9. The average molecular weight is 333 g/mol. The lowest BCUT2D eigenvalue weighted by molar-refractivity contribution is -0.138. The molecule has 4 heterocycles. The van der Waals surface area contributed by atoms with Crippen LogP contribution in [0.1, 0.15) is 35.9 Å². The van der Waals surface area contributed by atoms with Gasteiger partial charge in [0.2, 0.25) is 11.8 Å². The van der Waals surface area contributed by atoms with E-state index in [0.29, 0.717) is 31.1 Å². The van der Waals surface area contributed by atoms with E-state index in [0.717, 1.165) is 32.6 Å². The molecule has 1 amide bonds. The van der Waals surface area contributed by atoms with Crippen LogP contribution >= 0.6 is 11.3 Å². The van der Waals surface area contributed by atoms with Gasteiger partial charge in [0.15, 0.2) is 5.82 Å². The third-order valence-electron chi connectivity index (χ3n) is 4.68. The number of thiophene rings is 1. The van der Waals surface area contributed by atoms with Crippen LogP contribution in [-0.2, 0) is 22.5 Å². The predicted octanol–water partition coefficient (Wildman–Crippen LogP) is 2.25. The summed E-state index contributed by atoms with van der Waals surface area (Å²) in [5.74, 6) is 1.36.